The van der Waals surface area contributed by atoms with E-state index in [4.69, 9.17) is 10.5 Å². The number of aliphatic carboxylic acids is 1. The summed E-state index contributed by atoms with van der Waals surface area (Å²) in [6.07, 6.45) is 0.299. The molecule has 0 aromatic heterocycles. The fraction of sp³-hybridized carbons (Fsp3) is 0.833. The Kier molecular flexibility index (Phi) is 3.90. The van der Waals surface area contributed by atoms with Crippen LogP contribution in [0.25, 0.3) is 0 Å². The minimum atomic E-state index is -1.24. The van der Waals surface area contributed by atoms with E-state index in [9.17, 15) is 14.7 Å². The third-order valence-electron chi connectivity index (χ3n) is 3.09. The Bertz CT molecular complexity index is 350. The van der Waals surface area contributed by atoms with Crippen LogP contribution in [0, 0.1) is 0 Å². The van der Waals surface area contributed by atoms with Crippen molar-refractivity contribution in [1.29, 1.82) is 0 Å². The Morgan fingerprint density at radius 1 is 1.44 bits per heavy atom. The van der Waals surface area contributed by atoms with Gasteiger partial charge in [-0.1, -0.05) is 0 Å². The van der Waals surface area contributed by atoms with Crippen LogP contribution in [0.5, 0.6) is 0 Å². The average molecular weight is 258 g/mol. The SMILES string of the molecule is CC(C)(C)OC(=O)N1C[C@H](N)CCC1(C)C(=O)O. The number of likely N-dealkylation sites (tertiary alicyclic amines) is 1. The van der Waals surface area contributed by atoms with E-state index in [1.165, 1.54) is 11.8 Å². The van der Waals surface area contributed by atoms with Crippen molar-refractivity contribution in [2.24, 2.45) is 5.73 Å². The molecular formula is C12H22N2O4. The van der Waals surface area contributed by atoms with Gasteiger partial charge in [-0.25, -0.2) is 9.59 Å². The number of hydrogen-bond acceptors (Lipinski definition) is 4. The van der Waals surface area contributed by atoms with E-state index < -0.39 is 23.2 Å². The van der Waals surface area contributed by atoms with Crippen LogP contribution in [-0.4, -0.2) is 45.8 Å². The number of carboxylic acid groups (broad SMARTS) is 1. The monoisotopic (exact) mass is 258 g/mol. The standard InChI is InChI=1S/C12H22N2O4/c1-11(2,3)18-10(17)14-7-8(13)5-6-12(14,4)9(15)16/h8H,5-7,13H2,1-4H3,(H,15,16)/t8-,12?/m1/s1. The summed E-state index contributed by atoms with van der Waals surface area (Å²) in [5.74, 6) is -1.03. The van der Waals surface area contributed by atoms with Gasteiger partial charge in [0.1, 0.15) is 11.1 Å². The molecule has 6 heteroatoms. The number of ether oxygens (including phenoxy) is 1. The first kappa shape index (κ1) is 14.8. The highest BCUT2D eigenvalue weighted by molar-refractivity contribution is 5.84. The molecule has 0 bridgehead atoms. The molecule has 0 radical (unpaired) electrons. The predicted octanol–water partition coefficient (Wildman–Crippen LogP) is 1.19. The van der Waals surface area contributed by atoms with Crippen molar-refractivity contribution >= 4 is 12.1 Å². The molecule has 1 rings (SSSR count). The molecule has 0 aliphatic carbocycles. The highest BCUT2D eigenvalue weighted by atomic mass is 16.6. The second-order valence-electron chi connectivity index (χ2n) is 5.97. The number of rotatable bonds is 1. The number of carbonyl (C=O) groups excluding carboxylic acids is 1. The van der Waals surface area contributed by atoms with Gasteiger partial charge in [0.05, 0.1) is 0 Å². The Hall–Kier alpha value is -1.30. The summed E-state index contributed by atoms with van der Waals surface area (Å²) in [4.78, 5) is 24.7. The molecule has 2 atom stereocenters. The number of piperidine rings is 1. The van der Waals surface area contributed by atoms with E-state index in [-0.39, 0.29) is 12.6 Å². The molecular weight excluding hydrogens is 236 g/mol. The fourth-order valence-electron chi connectivity index (χ4n) is 1.94. The lowest BCUT2D eigenvalue weighted by atomic mass is 9.87. The zero-order valence-corrected chi connectivity index (χ0v) is 11.4. The van der Waals surface area contributed by atoms with Gasteiger partial charge in [0, 0.05) is 12.6 Å². The maximum absolute atomic E-state index is 12.1. The molecule has 1 aliphatic rings. The molecule has 1 unspecified atom stereocenters. The normalized spacial score (nSPS) is 28.9. The second kappa shape index (κ2) is 4.76. The largest absolute Gasteiger partial charge is 0.480 e. The Morgan fingerprint density at radius 2 is 2.00 bits per heavy atom. The van der Waals surface area contributed by atoms with Crippen LogP contribution >= 0.6 is 0 Å². The highest BCUT2D eigenvalue weighted by Crippen LogP contribution is 2.29. The smallest absolute Gasteiger partial charge is 0.411 e. The highest BCUT2D eigenvalue weighted by Gasteiger charge is 2.47. The second-order valence-corrected chi connectivity index (χ2v) is 5.97. The topological polar surface area (TPSA) is 92.9 Å². The molecule has 1 saturated heterocycles. The van der Waals surface area contributed by atoms with Gasteiger partial charge >= 0.3 is 12.1 Å². The minimum Gasteiger partial charge on any atom is -0.480 e. The van der Waals surface area contributed by atoms with Crippen molar-refractivity contribution in [3.8, 4) is 0 Å². The van der Waals surface area contributed by atoms with E-state index in [1.807, 2.05) is 0 Å². The lowest BCUT2D eigenvalue weighted by Crippen LogP contribution is -2.62. The third kappa shape index (κ3) is 3.13. The van der Waals surface area contributed by atoms with Crippen LogP contribution in [0.1, 0.15) is 40.5 Å². The van der Waals surface area contributed by atoms with Crippen LogP contribution in [-0.2, 0) is 9.53 Å². The van der Waals surface area contributed by atoms with Gasteiger partial charge in [0.2, 0.25) is 0 Å². The molecule has 6 nitrogen and oxygen atoms in total. The fourth-order valence-corrected chi connectivity index (χ4v) is 1.94. The molecule has 18 heavy (non-hydrogen) atoms. The lowest BCUT2D eigenvalue weighted by Gasteiger charge is -2.43. The number of nitrogens with two attached hydrogens (primary N) is 1. The van der Waals surface area contributed by atoms with Crippen LogP contribution in [0.4, 0.5) is 4.79 Å². The van der Waals surface area contributed by atoms with E-state index in [2.05, 4.69) is 0 Å². The van der Waals surface area contributed by atoms with Crippen molar-refractivity contribution in [1.82, 2.24) is 4.90 Å². The van der Waals surface area contributed by atoms with E-state index in [0.29, 0.717) is 12.8 Å². The molecule has 1 amide bonds. The summed E-state index contributed by atoms with van der Waals surface area (Å²) in [5, 5.41) is 9.31. The van der Waals surface area contributed by atoms with Gasteiger partial charge in [-0.3, -0.25) is 4.90 Å². The summed E-state index contributed by atoms with van der Waals surface area (Å²) in [6.45, 7) is 6.97. The van der Waals surface area contributed by atoms with Crippen LogP contribution in [0.3, 0.4) is 0 Å². The summed E-state index contributed by atoms with van der Waals surface area (Å²) >= 11 is 0. The number of amides is 1. The van der Waals surface area contributed by atoms with E-state index in [0.717, 1.165) is 0 Å². The molecule has 0 aromatic carbocycles. The lowest BCUT2D eigenvalue weighted by molar-refractivity contribution is -0.152. The average Bonchev–Trinajstić information content (AvgIpc) is 2.18. The molecule has 0 aromatic rings. The Morgan fingerprint density at radius 3 is 2.44 bits per heavy atom. The zero-order chi connectivity index (χ0) is 14.1. The van der Waals surface area contributed by atoms with Crippen LogP contribution in [0.2, 0.25) is 0 Å². The summed E-state index contributed by atoms with van der Waals surface area (Å²) in [5.41, 5.74) is 3.91. The van der Waals surface area contributed by atoms with Crippen molar-refractivity contribution in [2.45, 2.75) is 57.7 Å². The third-order valence-corrected chi connectivity index (χ3v) is 3.09. The maximum Gasteiger partial charge on any atom is 0.411 e. The van der Waals surface area contributed by atoms with Gasteiger partial charge in [-0.15, -0.1) is 0 Å². The van der Waals surface area contributed by atoms with Crippen LogP contribution < -0.4 is 5.73 Å². The Balaban J connectivity index is 2.93. The van der Waals surface area contributed by atoms with Crippen molar-refractivity contribution in [3.05, 3.63) is 0 Å². The first-order chi connectivity index (χ1) is 8.06. The van der Waals surface area contributed by atoms with Crippen molar-refractivity contribution in [2.75, 3.05) is 6.54 Å². The van der Waals surface area contributed by atoms with Gasteiger partial charge in [-0.2, -0.15) is 0 Å². The van der Waals surface area contributed by atoms with Gasteiger partial charge < -0.3 is 15.6 Å². The van der Waals surface area contributed by atoms with Crippen LogP contribution in [0.15, 0.2) is 0 Å². The predicted molar refractivity (Wildman–Crippen MR) is 66.2 cm³/mol. The first-order valence-corrected chi connectivity index (χ1v) is 6.06. The van der Waals surface area contributed by atoms with Gasteiger partial charge in [0.15, 0.2) is 0 Å². The summed E-state index contributed by atoms with van der Waals surface area (Å²) < 4.78 is 5.24. The quantitative estimate of drug-likeness (QED) is 0.737. The van der Waals surface area contributed by atoms with Gasteiger partial charge in [0.25, 0.3) is 0 Å². The van der Waals surface area contributed by atoms with Crippen molar-refractivity contribution < 1.29 is 19.4 Å². The molecule has 0 saturated carbocycles. The van der Waals surface area contributed by atoms with Gasteiger partial charge in [-0.05, 0) is 40.5 Å². The number of carbonyl (C=O) groups is 2. The molecule has 0 spiro atoms. The molecule has 1 aliphatic heterocycles. The van der Waals surface area contributed by atoms with E-state index >= 15 is 0 Å². The molecule has 1 heterocycles. The van der Waals surface area contributed by atoms with Crippen molar-refractivity contribution in [3.63, 3.8) is 0 Å². The molecule has 104 valence electrons. The maximum atomic E-state index is 12.1. The first-order valence-electron chi connectivity index (χ1n) is 6.06. The number of hydrogen-bond donors (Lipinski definition) is 2. The number of nitrogens with zero attached hydrogens (tertiary/aromatic N) is 1. The Labute approximate surface area is 107 Å². The zero-order valence-electron chi connectivity index (χ0n) is 11.4. The summed E-state index contributed by atoms with van der Waals surface area (Å²) in [7, 11) is 0. The minimum absolute atomic E-state index is 0.204. The number of carboxylic acids is 1. The molecule has 3 N–H and O–H groups in total. The summed E-state index contributed by atoms with van der Waals surface area (Å²) in [6, 6.07) is -0.204. The van der Waals surface area contributed by atoms with E-state index in [1.54, 1.807) is 20.8 Å². The molecule has 1 fully saturated rings.